The summed E-state index contributed by atoms with van der Waals surface area (Å²) in [6.45, 7) is 0.766. The van der Waals surface area contributed by atoms with Crippen molar-refractivity contribution >= 4 is 44.6 Å². The third kappa shape index (κ3) is 2.93. The van der Waals surface area contributed by atoms with E-state index in [0.29, 0.717) is 0 Å². The van der Waals surface area contributed by atoms with Crippen molar-refractivity contribution in [2.24, 2.45) is 0 Å². The molecule has 0 atom stereocenters. The van der Waals surface area contributed by atoms with Crippen LogP contribution in [0.1, 0.15) is 4.88 Å². The van der Waals surface area contributed by atoms with Gasteiger partial charge in [0.15, 0.2) is 0 Å². The van der Waals surface area contributed by atoms with E-state index in [4.69, 9.17) is 11.6 Å². The standard InChI is InChI=1S/C10H8BrClN2S/c11-9-4-8(15-10(9)12)6-14-7-2-1-3-13-5-7/h1-5,14H,6H2. The van der Waals surface area contributed by atoms with Gasteiger partial charge in [-0.25, -0.2) is 0 Å². The Labute approximate surface area is 105 Å². The molecule has 0 aliphatic heterocycles. The van der Waals surface area contributed by atoms with Crippen LogP contribution in [-0.2, 0) is 6.54 Å². The molecule has 0 bridgehead atoms. The van der Waals surface area contributed by atoms with Crippen LogP contribution in [0.3, 0.4) is 0 Å². The first-order valence-electron chi connectivity index (χ1n) is 4.33. The number of pyridine rings is 1. The van der Waals surface area contributed by atoms with E-state index >= 15 is 0 Å². The Morgan fingerprint density at radius 2 is 2.40 bits per heavy atom. The molecule has 0 aromatic carbocycles. The number of nitrogens with zero attached hydrogens (tertiary/aromatic N) is 1. The number of hydrogen-bond acceptors (Lipinski definition) is 3. The second-order valence-corrected chi connectivity index (χ2v) is 5.52. The molecular weight excluding hydrogens is 296 g/mol. The quantitative estimate of drug-likeness (QED) is 0.920. The molecule has 0 amide bonds. The molecule has 15 heavy (non-hydrogen) atoms. The minimum atomic E-state index is 0.766. The Kier molecular flexibility index (Phi) is 3.61. The minimum absolute atomic E-state index is 0.766. The topological polar surface area (TPSA) is 24.9 Å². The zero-order chi connectivity index (χ0) is 10.7. The Bertz CT molecular complexity index is 424. The van der Waals surface area contributed by atoms with Crippen LogP contribution >= 0.6 is 38.9 Å². The van der Waals surface area contributed by atoms with Crippen LogP contribution in [0.4, 0.5) is 5.69 Å². The van der Waals surface area contributed by atoms with Gasteiger partial charge in [-0.05, 0) is 34.1 Å². The summed E-state index contributed by atoms with van der Waals surface area (Å²) in [5.74, 6) is 0. The molecule has 0 unspecified atom stereocenters. The maximum atomic E-state index is 5.94. The average molecular weight is 304 g/mol. The highest BCUT2D eigenvalue weighted by atomic mass is 79.9. The molecule has 2 aromatic rings. The van der Waals surface area contributed by atoms with Crippen molar-refractivity contribution in [1.82, 2.24) is 4.98 Å². The molecular formula is C10H8BrClN2S. The lowest BCUT2D eigenvalue weighted by Gasteiger charge is -2.02. The van der Waals surface area contributed by atoms with Gasteiger partial charge >= 0.3 is 0 Å². The van der Waals surface area contributed by atoms with Gasteiger partial charge in [0, 0.05) is 28.3 Å². The molecule has 0 aliphatic carbocycles. The van der Waals surface area contributed by atoms with Gasteiger partial charge in [-0.1, -0.05) is 11.6 Å². The number of thiophene rings is 1. The number of anilines is 1. The monoisotopic (exact) mass is 302 g/mol. The van der Waals surface area contributed by atoms with E-state index in [1.54, 1.807) is 23.7 Å². The summed E-state index contributed by atoms with van der Waals surface area (Å²) in [6.07, 6.45) is 3.55. The van der Waals surface area contributed by atoms with Crippen molar-refractivity contribution in [2.75, 3.05) is 5.32 Å². The predicted molar refractivity (Wildman–Crippen MR) is 68.6 cm³/mol. The van der Waals surface area contributed by atoms with Crippen LogP contribution in [0.2, 0.25) is 4.34 Å². The number of aromatic nitrogens is 1. The second kappa shape index (κ2) is 4.96. The zero-order valence-corrected chi connectivity index (χ0v) is 10.9. The van der Waals surface area contributed by atoms with E-state index in [2.05, 4.69) is 26.2 Å². The van der Waals surface area contributed by atoms with Gasteiger partial charge in [-0.15, -0.1) is 11.3 Å². The van der Waals surface area contributed by atoms with E-state index < -0.39 is 0 Å². The summed E-state index contributed by atoms with van der Waals surface area (Å²) in [5.41, 5.74) is 1.01. The lowest BCUT2D eigenvalue weighted by Crippen LogP contribution is -1.96. The fourth-order valence-corrected chi connectivity index (χ4v) is 2.87. The molecule has 2 aromatic heterocycles. The first kappa shape index (κ1) is 10.9. The summed E-state index contributed by atoms with van der Waals surface area (Å²) in [6, 6.07) is 5.91. The van der Waals surface area contributed by atoms with E-state index in [1.807, 2.05) is 18.2 Å². The van der Waals surface area contributed by atoms with Gasteiger partial charge in [-0.3, -0.25) is 4.98 Å². The summed E-state index contributed by atoms with van der Waals surface area (Å²) in [5, 5.41) is 3.27. The highest BCUT2D eigenvalue weighted by Crippen LogP contribution is 2.32. The molecule has 0 radical (unpaired) electrons. The fourth-order valence-electron chi connectivity index (χ4n) is 1.14. The first-order chi connectivity index (χ1) is 7.25. The van der Waals surface area contributed by atoms with Crippen molar-refractivity contribution < 1.29 is 0 Å². The number of halogens is 2. The zero-order valence-electron chi connectivity index (χ0n) is 7.71. The van der Waals surface area contributed by atoms with Gasteiger partial charge in [0.2, 0.25) is 0 Å². The van der Waals surface area contributed by atoms with E-state index in [9.17, 15) is 0 Å². The average Bonchev–Trinajstić information content (AvgIpc) is 2.57. The number of hydrogen-bond donors (Lipinski definition) is 1. The highest BCUT2D eigenvalue weighted by molar-refractivity contribution is 9.10. The normalized spacial score (nSPS) is 10.3. The molecule has 0 saturated carbocycles. The van der Waals surface area contributed by atoms with Gasteiger partial charge in [0.05, 0.1) is 5.69 Å². The van der Waals surface area contributed by atoms with Crippen molar-refractivity contribution in [3.05, 3.63) is 44.3 Å². The van der Waals surface area contributed by atoms with Gasteiger partial charge in [0.1, 0.15) is 4.34 Å². The predicted octanol–water partition coefficient (Wildman–Crippen LogP) is 4.17. The molecule has 0 saturated heterocycles. The largest absolute Gasteiger partial charge is 0.379 e. The summed E-state index contributed by atoms with van der Waals surface area (Å²) >= 11 is 10.9. The Morgan fingerprint density at radius 1 is 1.53 bits per heavy atom. The summed E-state index contributed by atoms with van der Waals surface area (Å²) in [4.78, 5) is 5.22. The van der Waals surface area contributed by atoms with Gasteiger partial charge in [0.25, 0.3) is 0 Å². The molecule has 2 rings (SSSR count). The second-order valence-electron chi connectivity index (χ2n) is 2.93. The lowest BCUT2D eigenvalue weighted by molar-refractivity contribution is 1.17. The van der Waals surface area contributed by atoms with Crippen molar-refractivity contribution in [2.45, 2.75) is 6.54 Å². The molecule has 78 valence electrons. The van der Waals surface area contributed by atoms with E-state index in [1.165, 1.54) is 4.88 Å². The molecule has 0 spiro atoms. The van der Waals surface area contributed by atoms with Crippen LogP contribution in [0.25, 0.3) is 0 Å². The van der Waals surface area contributed by atoms with Crippen LogP contribution in [0.15, 0.2) is 35.1 Å². The first-order valence-corrected chi connectivity index (χ1v) is 6.32. The smallest absolute Gasteiger partial charge is 0.107 e. The fraction of sp³-hybridized carbons (Fsp3) is 0.100. The van der Waals surface area contributed by atoms with Crippen molar-refractivity contribution in [1.29, 1.82) is 0 Å². The Balaban J connectivity index is 1.99. The van der Waals surface area contributed by atoms with Crippen LogP contribution < -0.4 is 5.32 Å². The van der Waals surface area contributed by atoms with Crippen molar-refractivity contribution in [3.63, 3.8) is 0 Å². The maximum Gasteiger partial charge on any atom is 0.107 e. The molecule has 2 heterocycles. The lowest BCUT2D eigenvalue weighted by atomic mass is 10.4. The Hall–Kier alpha value is -0.580. The minimum Gasteiger partial charge on any atom is -0.379 e. The van der Waals surface area contributed by atoms with Crippen LogP contribution in [0.5, 0.6) is 0 Å². The molecule has 1 N–H and O–H groups in total. The van der Waals surface area contributed by atoms with Crippen LogP contribution in [0, 0.1) is 0 Å². The number of rotatable bonds is 3. The third-order valence-corrected chi connectivity index (χ3v) is 4.30. The summed E-state index contributed by atoms with van der Waals surface area (Å²) in [7, 11) is 0. The van der Waals surface area contributed by atoms with Gasteiger partial charge < -0.3 is 5.32 Å². The SMILES string of the molecule is Clc1sc(CNc2cccnc2)cc1Br. The molecule has 0 aliphatic rings. The third-order valence-electron chi connectivity index (χ3n) is 1.82. The Morgan fingerprint density at radius 3 is 3.00 bits per heavy atom. The molecule has 0 fully saturated rings. The van der Waals surface area contributed by atoms with Crippen molar-refractivity contribution in [3.8, 4) is 0 Å². The molecule has 5 heteroatoms. The maximum absolute atomic E-state index is 5.94. The molecule has 2 nitrogen and oxygen atoms in total. The van der Waals surface area contributed by atoms with E-state index in [-0.39, 0.29) is 0 Å². The number of nitrogens with one attached hydrogen (secondary N) is 1. The van der Waals surface area contributed by atoms with Gasteiger partial charge in [-0.2, -0.15) is 0 Å². The van der Waals surface area contributed by atoms with Crippen LogP contribution in [-0.4, -0.2) is 4.98 Å². The summed E-state index contributed by atoms with van der Waals surface area (Å²) < 4.78 is 1.75. The highest BCUT2D eigenvalue weighted by Gasteiger charge is 2.03. The van der Waals surface area contributed by atoms with E-state index in [0.717, 1.165) is 21.0 Å².